The van der Waals surface area contributed by atoms with Gasteiger partial charge in [-0.1, -0.05) is 0 Å². The highest BCUT2D eigenvalue weighted by Crippen LogP contribution is 2.19. The lowest BCUT2D eigenvalue weighted by Gasteiger charge is -2.32. The highest BCUT2D eigenvalue weighted by molar-refractivity contribution is 7.91. The zero-order valence-corrected chi connectivity index (χ0v) is 13.5. The third-order valence-electron chi connectivity index (χ3n) is 3.32. The average molecular weight is 355 g/mol. The number of rotatable bonds is 3. The van der Waals surface area contributed by atoms with Gasteiger partial charge in [0.05, 0.1) is 4.90 Å². The fourth-order valence-corrected chi connectivity index (χ4v) is 2.91. The van der Waals surface area contributed by atoms with Crippen LogP contribution in [0.4, 0.5) is 8.78 Å². The topological polar surface area (TPSA) is 66.5 Å². The first-order valence-electron chi connectivity index (χ1n) is 6.47. The Morgan fingerprint density at radius 2 is 1.91 bits per heavy atom. The molecule has 1 heterocycles. The van der Waals surface area contributed by atoms with E-state index in [1.165, 1.54) is 12.1 Å². The average Bonchev–Trinajstić information content (AvgIpc) is 2.46. The number of nitrogens with one attached hydrogen (secondary N) is 1. The van der Waals surface area contributed by atoms with E-state index in [1.807, 2.05) is 6.92 Å². The zero-order valence-electron chi connectivity index (χ0n) is 11.8. The van der Waals surface area contributed by atoms with E-state index in [1.54, 1.807) is 4.90 Å². The second-order valence-electron chi connectivity index (χ2n) is 4.94. The molecule has 0 aromatic heterocycles. The number of sulfone groups is 1. The smallest absolute Gasteiger partial charge is 0.336 e. The molecule has 0 aliphatic carbocycles. The molecule has 0 spiro atoms. The number of hydrogen-bond acceptors (Lipinski definition) is 4. The van der Waals surface area contributed by atoms with Crippen molar-refractivity contribution in [3.05, 3.63) is 29.8 Å². The molecule has 1 aromatic rings. The summed E-state index contributed by atoms with van der Waals surface area (Å²) in [5, 5.41) is 3.20. The van der Waals surface area contributed by atoms with E-state index in [0.29, 0.717) is 19.6 Å². The van der Waals surface area contributed by atoms with Crippen LogP contribution in [-0.2, 0) is 9.84 Å². The quantitative estimate of drug-likeness (QED) is 0.894. The normalized spacial score (nSPS) is 18.9. The third-order valence-corrected chi connectivity index (χ3v) is 4.72. The van der Waals surface area contributed by atoms with Crippen LogP contribution in [0.25, 0.3) is 0 Å². The minimum atomic E-state index is -4.62. The molecule has 0 bridgehead atoms. The van der Waals surface area contributed by atoms with Crippen molar-refractivity contribution < 1.29 is 22.0 Å². The predicted molar refractivity (Wildman–Crippen MR) is 80.2 cm³/mol. The van der Waals surface area contributed by atoms with Gasteiger partial charge in [-0.05, 0) is 31.2 Å². The van der Waals surface area contributed by atoms with Crippen LogP contribution >= 0.6 is 12.4 Å². The first-order chi connectivity index (χ1) is 9.82. The van der Waals surface area contributed by atoms with Gasteiger partial charge < -0.3 is 10.2 Å². The summed E-state index contributed by atoms with van der Waals surface area (Å²) in [5.41, 5.74) is 0.289. The van der Waals surface area contributed by atoms with E-state index < -0.39 is 20.5 Å². The molecule has 1 saturated heterocycles. The molecule has 22 heavy (non-hydrogen) atoms. The maximum Gasteiger partial charge on any atom is 0.341 e. The molecular weight excluding hydrogens is 338 g/mol. The van der Waals surface area contributed by atoms with Crippen molar-refractivity contribution in [2.45, 2.75) is 23.6 Å². The van der Waals surface area contributed by atoms with E-state index in [2.05, 4.69) is 5.32 Å². The Morgan fingerprint density at radius 3 is 2.41 bits per heavy atom. The van der Waals surface area contributed by atoms with Crippen LogP contribution in [0.5, 0.6) is 0 Å². The molecule has 1 aromatic carbocycles. The molecular formula is C13H17ClF2N2O3S. The fraction of sp³-hybridized carbons (Fsp3) is 0.462. The van der Waals surface area contributed by atoms with Crippen LogP contribution in [0, 0.1) is 0 Å². The molecule has 1 N–H and O–H groups in total. The SMILES string of the molecule is CC1CN(C(=O)c2ccc(S(=O)(=O)C(F)F)cc2)CCN1.Cl. The molecule has 2 rings (SSSR count). The van der Waals surface area contributed by atoms with Gasteiger partial charge in [-0.25, -0.2) is 8.42 Å². The fourth-order valence-electron chi connectivity index (χ4n) is 2.19. The number of carbonyl (C=O) groups is 1. The molecule has 124 valence electrons. The van der Waals surface area contributed by atoms with Crippen LogP contribution < -0.4 is 5.32 Å². The number of benzene rings is 1. The molecule has 1 aliphatic heterocycles. The Kier molecular flexibility index (Phi) is 6.27. The van der Waals surface area contributed by atoms with Crippen molar-refractivity contribution in [3.8, 4) is 0 Å². The van der Waals surface area contributed by atoms with Crippen molar-refractivity contribution in [3.63, 3.8) is 0 Å². The number of halogens is 3. The van der Waals surface area contributed by atoms with Crippen molar-refractivity contribution in [1.29, 1.82) is 0 Å². The molecule has 0 radical (unpaired) electrons. The van der Waals surface area contributed by atoms with E-state index in [-0.39, 0.29) is 29.9 Å². The van der Waals surface area contributed by atoms with Gasteiger partial charge in [0.1, 0.15) is 0 Å². The highest BCUT2D eigenvalue weighted by Gasteiger charge is 2.27. The van der Waals surface area contributed by atoms with Gasteiger partial charge in [-0.15, -0.1) is 12.4 Å². The summed E-state index contributed by atoms with van der Waals surface area (Å²) in [4.78, 5) is 13.4. The molecule has 1 aliphatic rings. The van der Waals surface area contributed by atoms with Gasteiger partial charge in [0, 0.05) is 31.2 Å². The molecule has 1 atom stereocenters. The minimum absolute atomic E-state index is 0. The second kappa shape index (κ2) is 7.34. The summed E-state index contributed by atoms with van der Waals surface area (Å²) in [5.74, 6) is -3.70. The number of carbonyl (C=O) groups excluding carboxylic acids is 1. The first kappa shape index (κ1) is 18.8. The Labute approximate surface area is 134 Å². The summed E-state index contributed by atoms with van der Waals surface area (Å²) in [6.07, 6.45) is 0. The highest BCUT2D eigenvalue weighted by atomic mass is 35.5. The molecule has 1 amide bonds. The first-order valence-corrected chi connectivity index (χ1v) is 8.02. The molecule has 0 saturated carbocycles. The van der Waals surface area contributed by atoms with Gasteiger partial charge in [-0.2, -0.15) is 8.78 Å². The monoisotopic (exact) mass is 354 g/mol. The summed E-state index contributed by atoms with van der Waals surface area (Å²) in [6, 6.07) is 4.80. The van der Waals surface area contributed by atoms with Gasteiger partial charge in [0.15, 0.2) is 0 Å². The lowest BCUT2D eigenvalue weighted by molar-refractivity contribution is 0.0709. The third kappa shape index (κ3) is 3.93. The van der Waals surface area contributed by atoms with Crippen LogP contribution in [-0.4, -0.2) is 50.7 Å². The second-order valence-corrected chi connectivity index (χ2v) is 6.85. The van der Waals surface area contributed by atoms with Gasteiger partial charge in [0.25, 0.3) is 5.91 Å². The standard InChI is InChI=1S/C13H16F2N2O3S.ClH/c1-9-8-17(7-6-16-9)12(18)10-2-4-11(5-3-10)21(19,20)13(14)15;/h2-5,9,13,16H,6-8H2,1H3;1H. The lowest BCUT2D eigenvalue weighted by Crippen LogP contribution is -2.51. The van der Waals surface area contributed by atoms with Gasteiger partial charge >= 0.3 is 5.76 Å². The van der Waals surface area contributed by atoms with Crippen LogP contribution in [0.15, 0.2) is 29.2 Å². The molecule has 1 unspecified atom stereocenters. The molecule has 5 nitrogen and oxygen atoms in total. The van der Waals surface area contributed by atoms with E-state index in [4.69, 9.17) is 0 Å². The Bertz CT molecular complexity index is 623. The number of hydrogen-bond donors (Lipinski definition) is 1. The van der Waals surface area contributed by atoms with E-state index in [0.717, 1.165) is 12.1 Å². The summed E-state index contributed by atoms with van der Waals surface area (Å²) < 4.78 is 47.5. The summed E-state index contributed by atoms with van der Waals surface area (Å²) in [6.45, 7) is 3.75. The maximum atomic E-state index is 12.4. The number of amides is 1. The van der Waals surface area contributed by atoms with Crippen LogP contribution in [0.3, 0.4) is 0 Å². The summed E-state index contributed by atoms with van der Waals surface area (Å²) >= 11 is 0. The Balaban J connectivity index is 0.00000242. The zero-order chi connectivity index (χ0) is 15.6. The minimum Gasteiger partial charge on any atom is -0.336 e. The van der Waals surface area contributed by atoms with Crippen LogP contribution in [0.2, 0.25) is 0 Å². The predicted octanol–water partition coefficient (Wildman–Crippen LogP) is 1.54. The number of piperazine rings is 1. The number of nitrogens with zero attached hydrogens (tertiary/aromatic N) is 1. The van der Waals surface area contributed by atoms with Crippen molar-refractivity contribution >= 4 is 28.2 Å². The van der Waals surface area contributed by atoms with Gasteiger partial charge in [-0.3, -0.25) is 4.79 Å². The van der Waals surface area contributed by atoms with Crippen LogP contribution in [0.1, 0.15) is 17.3 Å². The number of alkyl halides is 2. The van der Waals surface area contributed by atoms with E-state index >= 15 is 0 Å². The van der Waals surface area contributed by atoms with Crippen molar-refractivity contribution in [1.82, 2.24) is 10.2 Å². The largest absolute Gasteiger partial charge is 0.341 e. The molecule has 1 fully saturated rings. The Hall–Kier alpha value is -1.25. The van der Waals surface area contributed by atoms with Crippen molar-refractivity contribution in [2.24, 2.45) is 0 Å². The van der Waals surface area contributed by atoms with Gasteiger partial charge in [0.2, 0.25) is 9.84 Å². The van der Waals surface area contributed by atoms with Crippen molar-refractivity contribution in [2.75, 3.05) is 19.6 Å². The lowest BCUT2D eigenvalue weighted by atomic mass is 10.1. The Morgan fingerprint density at radius 1 is 1.32 bits per heavy atom. The maximum absolute atomic E-state index is 12.4. The summed E-state index contributed by atoms with van der Waals surface area (Å²) in [7, 11) is -4.62. The molecule has 9 heteroatoms. The van der Waals surface area contributed by atoms with E-state index in [9.17, 15) is 22.0 Å².